The average molecular weight is 493 g/mol. The first-order valence-electron chi connectivity index (χ1n) is 10.2. The lowest BCUT2D eigenvalue weighted by molar-refractivity contribution is 0.102. The van der Waals surface area contributed by atoms with E-state index in [0.29, 0.717) is 17.3 Å². The monoisotopic (exact) mass is 492 g/mol. The van der Waals surface area contributed by atoms with Gasteiger partial charge in [-0.3, -0.25) is 4.79 Å². The van der Waals surface area contributed by atoms with Crippen LogP contribution < -0.4 is 0 Å². The highest BCUT2D eigenvalue weighted by Crippen LogP contribution is 2.32. The van der Waals surface area contributed by atoms with Gasteiger partial charge >= 0.3 is 0 Å². The quantitative estimate of drug-likeness (QED) is 0.185. The maximum atomic E-state index is 13.0. The first kappa shape index (κ1) is 21.8. The Morgan fingerprint density at radius 1 is 1.06 bits per heavy atom. The second kappa shape index (κ2) is 9.46. The van der Waals surface area contributed by atoms with Crippen molar-refractivity contribution in [1.82, 2.24) is 19.7 Å². The van der Waals surface area contributed by atoms with Crippen LogP contribution >= 0.6 is 34.4 Å². The van der Waals surface area contributed by atoms with Crippen molar-refractivity contribution in [1.29, 1.82) is 0 Å². The molecular formula is C24H20N4O2S3. The number of hydrogen-bond acceptors (Lipinski definition) is 8. The Bertz CT molecular complexity index is 1370. The van der Waals surface area contributed by atoms with Gasteiger partial charge in [0.1, 0.15) is 17.1 Å². The van der Waals surface area contributed by atoms with Gasteiger partial charge in [0, 0.05) is 38.8 Å². The Labute approximate surface area is 203 Å². The van der Waals surface area contributed by atoms with Gasteiger partial charge in [-0.15, -0.1) is 10.2 Å². The van der Waals surface area contributed by atoms with Crippen LogP contribution in [0.25, 0.3) is 22.5 Å². The van der Waals surface area contributed by atoms with Gasteiger partial charge in [-0.2, -0.15) is 22.7 Å². The number of aromatic nitrogens is 4. The fourth-order valence-electron chi connectivity index (χ4n) is 3.66. The number of thioether (sulfide) groups is 1. The number of nitrogens with zero attached hydrogens (tertiary/aromatic N) is 4. The lowest BCUT2D eigenvalue weighted by atomic mass is 10.1. The minimum atomic E-state index is 0.0430. The third-order valence-electron chi connectivity index (χ3n) is 5.36. The summed E-state index contributed by atoms with van der Waals surface area (Å²) < 4.78 is 7.57. The third kappa shape index (κ3) is 4.57. The van der Waals surface area contributed by atoms with Crippen LogP contribution in [-0.2, 0) is 6.54 Å². The van der Waals surface area contributed by atoms with Crippen LogP contribution in [0.4, 0.5) is 0 Å². The summed E-state index contributed by atoms with van der Waals surface area (Å²) in [6.45, 7) is 4.57. The number of Topliss-reactive ketones (excluding diaryl/α,β-unsaturated/α-hetero) is 1. The highest BCUT2D eigenvalue weighted by molar-refractivity contribution is 7.99. The molecule has 9 heteroatoms. The second-order valence-corrected chi connectivity index (χ2v) is 9.98. The summed E-state index contributed by atoms with van der Waals surface area (Å²) in [6.07, 6.45) is 1.66. The van der Waals surface area contributed by atoms with E-state index >= 15 is 0 Å². The van der Waals surface area contributed by atoms with E-state index in [2.05, 4.69) is 14.8 Å². The van der Waals surface area contributed by atoms with E-state index in [1.165, 1.54) is 11.8 Å². The number of thiophene rings is 2. The van der Waals surface area contributed by atoms with Gasteiger partial charge in [-0.25, -0.2) is 4.98 Å². The van der Waals surface area contributed by atoms with Crippen LogP contribution in [0.3, 0.4) is 0 Å². The zero-order valence-electron chi connectivity index (χ0n) is 18.0. The zero-order chi connectivity index (χ0) is 22.8. The number of rotatable bonds is 8. The highest BCUT2D eigenvalue weighted by Gasteiger charge is 2.19. The fourth-order valence-corrected chi connectivity index (χ4v) is 5.61. The van der Waals surface area contributed by atoms with Gasteiger partial charge < -0.3 is 8.98 Å². The summed E-state index contributed by atoms with van der Waals surface area (Å²) in [7, 11) is 0. The topological polar surface area (TPSA) is 73.8 Å². The van der Waals surface area contributed by atoms with Gasteiger partial charge in [0.25, 0.3) is 0 Å². The standard InChI is InChI=1S/C24H20N4O2S3/c1-15-10-20(16(2)28(15)11-19-4-3-7-30-19)21(29)14-33-24-25-22(17-5-8-31-12-17)23(26-27-24)18-6-9-32-13-18/h3-10,12-13H,11,14H2,1-2H3. The largest absolute Gasteiger partial charge is 0.467 e. The van der Waals surface area contributed by atoms with Crippen molar-refractivity contribution in [3.63, 3.8) is 0 Å². The molecule has 0 saturated carbocycles. The summed E-state index contributed by atoms with van der Waals surface area (Å²) in [6, 6.07) is 9.79. The van der Waals surface area contributed by atoms with Crippen molar-refractivity contribution >= 4 is 40.2 Å². The summed E-state index contributed by atoms with van der Waals surface area (Å²) >= 11 is 4.54. The van der Waals surface area contributed by atoms with E-state index < -0.39 is 0 Å². The normalized spacial score (nSPS) is 11.2. The van der Waals surface area contributed by atoms with Crippen LogP contribution in [0.1, 0.15) is 27.5 Å². The smallest absolute Gasteiger partial charge is 0.210 e. The van der Waals surface area contributed by atoms with Gasteiger partial charge in [-0.05, 0) is 54.9 Å². The second-order valence-electron chi connectivity index (χ2n) is 7.48. The number of aryl methyl sites for hydroxylation is 1. The number of carbonyl (C=O) groups is 1. The molecule has 0 unspecified atom stereocenters. The molecule has 0 amide bonds. The van der Waals surface area contributed by atoms with E-state index in [1.54, 1.807) is 28.9 Å². The number of hydrogen-bond donors (Lipinski definition) is 0. The minimum Gasteiger partial charge on any atom is -0.467 e. The fraction of sp³-hybridized carbons (Fsp3) is 0.167. The maximum Gasteiger partial charge on any atom is 0.210 e. The summed E-state index contributed by atoms with van der Waals surface area (Å²) in [5.74, 6) is 1.14. The van der Waals surface area contributed by atoms with Crippen LogP contribution in [0.5, 0.6) is 0 Å². The number of ketones is 1. The summed E-state index contributed by atoms with van der Waals surface area (Å²) in [5, 5.41) is 17.4. The van der Waals surface area contributed by atoms with Crippen molar-refractivity contribution in [3.05, 3.63) is 80.8 Å². The Kier molecular flexibility index (Phi) is 6.26. The molecule has 5 heterocycles. The Morgan fingerprint density at radius 2 is 1.82 bits per heavy atom. The molecule has 0 spiro atoms. The SMILES string of the molecule is Cc1cc(C(=O)CSc2nnc(-c3ccsc3)c(-c3ccsc3)n2)c(C)n1Cc1ccco1. The van der Waals surface area contributed by atoms with E-state index in [0.717, 1.165) is 39.7 Å². The maximum absolute atomic E-state index is 13.0. The molecule has 0 fully saturated rings. The van der Waals surface area contributed by atoms with Gasteiger partial charge in [0.15, 0.2) is 5.78 Å². The summed E-state index contributed by atoms with van der Waals surface area (Å²) in [4.78, 5) is 17.8. The van der Waals surface area contributed by atoms with Gasteiger partial charge in [-0.1, -0.05) is 11.8 Å². The van der Waals surface area contributed by atoms with Crippen molar-refractivity contribution in [2.45, 2.75) is 25.5 Å². The lowest BCUT2D eigenvalue weighted by Gasteiger charge is -2.08. The minimum absolute atomic E-state index is 0.0430. The molecular weight excluding hydrogens is 472 g/mol. The molecule has 0 bridgehead atoms. The zero-order valence-corrected chi connectivity index (χ0v) is 20.5. The van der Waals surface area contributed by atoms with Crippen LogP contribution in [0.2, 0.25) is 0 Å². The van der Waals surface area contributed by atoms with Crippen molar-refractivity contribution in [3.8, 4) is 22.5 Å². The highest BCUT2D eigenvalue weighted by atomic mass is 32.2. The predicted molar refractivity (Wildman–Crippen MR) is 133 cm³/mol. The molecule has 166 valence electrons. The molecule has 0 aliphatic rings. The Hall–Kier alpha value is -3.01. The first-order valence-corrected chi connectivity index (χ1v) is 13.1. The van der Waals surface area contributed by atoms with E-state index in [4.69, 9.17) is 9.40 Å². The first-order chi connectivity index (χ1) is 16.1. The average Bonchev–Trinajstić information content (AvgIpc) is 3.63. The van der Waals surface area contributed by atoms with E-state index in [1.807, 2.05) is 65.7 Å². The number of furan rings is 1. The molecule has 0 aliphatic heterocycles. The molecule has 0 saturated heterocycles. The van der Waals surface area contributed by atoms with Crippen LogP contribution in [0.15, 0.2) is 67.7 Å². The molecule has 5 aromatic heterocycles. The van der Waals surface area contributed by atoms with Gasteiger partial charge in [0.05, 0.1) is 18.6 Å². The number of carbonyl (C=O) groups excluding carboxylic acids is 1. The van der Waals surface area contributed by atoms with Crippen molar-refractivity contribution in [2.75, 3.05) is 5.75 Å². The molecule has 0 aromatic carbocycles. The van der Waals surface area contributed by atoms with Crippen molar-refractivity contribution < 1.29 is 9.21 Å². The van der Waals surface area contributed by atoms with Crippen LogP contribution in [-0.4, -0.2) is 31.3 Å². The Morgan fingerprint density at radius 3 is 2.48 bits per heavy atom. The lowest BCUT2D eigenvalue weighted by Crippen LogP contribution is -2.08. The molecule has 5 aromatic rings. The van der Waals surface area contributed by atoms with Crippen LogP contribution in [0, 0.1) is 13.8 Å². The molecule has 5 rings (SSSR count). The third-order valence-corrected chi connectivity index (χ3v) is 7.56. The molecule has 33 heavy (non-hydrogen) atoms. The van der Waals surface area contributed by atoms with Gasteiger partial charge in [0.2, 0.25) is 5.16 Å². The molecule has 0 N–H and O–H groups in total. The Balaban J connectivity index is 1.36. The summed E-state index contributed by atoms with van der Waals surface area (Å²) in [5.41, 5.74) is 6.22. The molecule has 6 nitrogen and oxygen atoms in total. The molecule has 0 atom stereocenters. The molecule has 0 aliphatic carbocycles. The van der Waals surface area contributed by atoms with E-state index in [9.17, 15) is 4.79 Å². The van der Waals surface area contributed by atoms with Crippen molar-refractivity contribution in [2.24, 2.45) is 0 Å². The van der Waals surface area contributed by atoms with E-state index in [-0.39, 0.29) is 11.5 Å². The molecule has 0 radical (unpaired) electrons. The predicted octanol–water partition coefficient (Wildman–Crippen LogP) is 6.36.